The zero-order chi connectivity index (χ0) is 28.2. The zero-order valence-electron chi connectivity index (χ0n) is 23.2. The third kappa shape index (κ3) is 5.36. The number of nitrogens with zero attached hydrogens (tertiary/aromatic N) is 2. The number of aliphatic carboxylic acids is 1. The average Bonchev–Trinajstić information content (AvgIpc) is 3.60. The van der Waals surface area contributed by atoms with Gasteiger partial charge in [-0.25, -0.2) is 0 Å². The topological polar surface area (TPSA) is 88.5 Å². The molecule has 2 aliphatic heterocycles. The Bertz CT molecular complexity index is 1320. The highest BCUT2D eigenvalue weighted by Gasteiger charge is 2.48. The molecule has 1 saturated heterocycles. The van der Waals surface area contributed by atoms with Crippen LogP contribution in [0.5, 0.6) is 17.2 Å². The fourth-order valence-corrected chi connectivity index (χ4v) is 6.12. The summed E-state index contributed by atoms with van der Waals surface area (Å²) >= 11 is 0. The number of carboxylic acids is 1. The molecule has 0 unspecified atom stereocenters. The lowest BCUT2D eigenvalue weighted by molar-refractivity contribution is -0.143. The normalized spacial score (nSPS) is 20.1. The number of hydrogen-bond donors (Lipinski definition) is 1. The quantitative estimate of drug-likeness (QED) is 0.361. The number of fused-ring (bicyclic) bond motifs is 1. The van der Waals surface area contributed by atoms with E-state index in [9.17, 15) is 14.7 Å². The van der Waals surface area contributed by atoms with E-state index in [-0.39, 0.29) is 31.2 Å². The van der Waals surface area contributed by atoms with Crippen molar-refractivity contribution in [2.24, 2.45) is 5.92 Å². The summed E-state index contributed by atoms with van der Waals surface area (Å²) in [6.07, 6.45) is 1.63. The number of methoxy groups -OCH3 is 1. The third-order valence-electron chi connectivity index (χ3n) is 8.11. The number of hydrogen-bond acceptors (Lipinski definition) is 6. The van der Waals surface area contributed by atoms with Crippen molar-refractivity contribution in [1.82, 2.24) is 4.90 Å². The number of anilines is 1. The van der Waals surface area contributed by atoms with Gasteiger partial charge < -0.3 is 24.2 Å². The van der Waals surface area contributed by atoms with Gasteiger partial charge in [0.15, 0.2) is 11.5 Å². The largest absolute Gasteiger partial charge is 0.497 e. The lowest BCUT2D eigenvalue weighted by Gasteiger charge is -2.34. The summed E-state index contributed by atoms with van der Waals surface area (Å²) in [4.78, 5) is 30.9. The minimum absolute atomic E-state index is 0.0388. The minimum Gasteiger partial charge on any atom is -0.497 e. The maximum absolute atomic E-state index is 14.1. The maximum atomic E-state index is 14.1. The van der Waals surface area contributed by atoms with Crippen LogP contribution in [0.15, 0.2) is 72.8 Å². The number of para-hydroxylation sites is 1. The van der Waals surface area contributed by atoms with E-state index in [1.165, 1.54) is 0 Å². The number of rotatable bonds is 10. The predicted octanol–water partition coefficient (Wildman–Crippen LogP) is 5.49. The fourth-order valence-electron chi connectivity index (χ4n) is 6.12. The Labute approximate surface area is 235 Å². The van der Waals surface area contributed by atoms with Crippen LogP contribution in [0.3, 0.4) is 0 Å². The summed E-state index contributed by atoms with van der Waals surface area (Å²) in [6, 6.07) is 22.3. The number of benzene rings is 3. The fraction of sp³-hybridized carbons (Fsp3) is 0.375. The second-order valence-electron chi connectivity index (χ2n) is 10.3. The third-order valence-corrected chi connectivity index (χ3v) is 8.11. The lowest BCUT2D eigenvalue weighted by Crippen LogP contribution is -2.46. The van der Waals surface area contributed by atoms with Crippen LogP contribution in [0, 0.1) is 5.92 Å². The van der Waals surface area contributed by atoms with Crippen LogP contribution in [0.1, 0.15) is 49.8 Å². The molecule has 5 rings (SSSR count). The molecule has 2 aliphatic rings. The van der Waals surface area contributed by atoms with Crippen molar-refractivity contribution in [2.45, 2.75) is 44.7 Å². The van der Waals surface area contributed by atoms with Crippen LogP contribution < -0.4 is 19.1 Å². The number of ether oxygens (including phenoxy) is 3. The molecule has 0 spiro atoms. The van der Waals surface area contributed by atoms with Crippen LogP contribution in [-0.2, 0) is 9.59 Å². The highest BCUT2D eigenvalue weighted by atomic mass is 16.7. The van der Waals surface area contributed by atoms with Gasteiger partial charge in [0.05, 0.1) is 19.6 Å². The van der Waals surface area contributed by atoms with Gasteiger partial charge in [0.1, 0.15) is 5.75 Å². The molecule has 0 radical (unpaired) electrons. The van der Waals surface area contributed by atoms with Crippen molar-refractivity contribution in [3.8, 4) is 17.2 Å². The van der Waals surface area contributed by atoms with Crippen molar-refractivity contribution in [3.05, 3.63) is 83.9 Å². The molecule has 0 bridgehead atoms. The molecular weight excluding hydrogens is 508 g/mol. The first-order chi connectivity index (χ1) is 19.4. The van der Waals surface area contributed by atoms with E-state index in [0.29, 0.717) is 23.8 Å². The minimum atomic E-state index is -0.904. The average molecular weight is 545 g/mol. The van der Waals surface area contributed by atoms with E-state index in [2.05, 4.69) is 13.8 Å². The van der Waals surface area contributed by atoms with Crippen LogP contribution in [0.4, 0.5) is 5.69 Å². The monoisotopic (exact) mass is 544 g/mol. The SMILES string of the molecule is CCC(CC)N(C(=O)CN1C[C@H](c2ccc3c(c2)OCO3)[C@H](C(=O)O)[C@H]1c1ccc(OC)cc1)c1ccccc1. The molecule has 0 saturated carbocycles. The molecule has 1 N–H and O–H groups in total. The molecular formula is C32H36N2O6. The summed E-state index contributed by atoms with van der Waals surface area (Å²) < 4.78 is 16.4. The lowest BCUT2D eigenvalue weighted by atomic mass is 9.82. The summed E-state index contributed by atoms with van der Waals surface area (Å²) in [5, 5.41) is 10.6. The van der Waals surface area contributed by atoms with Gasteiger partial charge in [-0.05, 0) is 60.4 Å². The summed E-state index contributed by atoms with van der Waals surface area (Å²) in [5.41, 5.74) is 2.53. The van der Waals surface area contributed by atoms with Gasteiger partial charge in [-0.3, -0.25) is 14.5 Å². The number of carbonyl (C=O) groups is 2. The summed E-state index contributed by atoms with van der Waals surface area (Å²) in [5.74, 6) is -0.137. The van der Waals surface area contributed by atoms with Gasteiger partial charge >= 0.3 is 5.97 Å². The maximum Gasteiger partial charge on any atom is 0.309 e. The molecule has 0 aromatic heterocycles. The van der Waals surface area contributed by atoms with Gasteiger partial charge in [0, 0.05) is 30.2 Å². The second kappa shape index (κ2) is 12.0. The summed E-state index contributed by atoms with van der Waals surface area (Å²) in [6.45, 7) is 4.82. The van der Waals surface area contributed by atoms with E-state index in [0.717, 1.165) is 29.7 Å². The predicted molar refractivity (Wildman–Crippen MR) is 152 cm³/mol. The van der Waals surface area contributed by atoms with Crippen LogP contribution in [-0.4, -0.2) is 54.9 Å². The molecule has 8 heteroatoms. The van der Waals surface area contributed by atoms with E-state index in [1.807, 2.05) is 82.6 Å². The first-order valence-corrected chi connectivity index (χ1v) is 13.8. The highest BCUT2D eigenvalue weighted by Crippen LogP contribution is 2.48. The number of likely N-dealkylation sites (tertiary alicyclic amines) is 1. The van der Waals surface area contributed by atoms with Gasteiger partial charge in [0.25, 0.3) is 0 Å². The van der Waals surface area contributed by atoms with Crippen LogP contribution in [0.25, 0.3) is 0 Å². The van der Waals surface area contributed by atoms with Crippen molar-refractivity contribution in [2.75, 3.05) is 31.9 Å². The zero-order valence-corrected chi connectivity index (χ0v) is 23.2. The van der Waals surface area contributed by atoms with Gasteiger partial charge in [-0.2, -0.15) is 0 Å². The molecule has 0 aliphatic carbocycles. The molecule has 3 atom stereocenters. The number of carboxylic acid groups (broad SMARTS) is 1. The van der Waals surface area contributed by atoms with E-state index < -0.39 is 17.9 Å². The number of amides is 1. The Balaban J connectivity index is 1.53. The van der Waals surface area contributed by atoms with Crippen molar-refractivity contribution in [1.29, 1.82) is 0 Å². The second-order valence-corrected chi connectivity index (χ2v) is 10.3. The standard InChI is InChI=1S/C32H36N2O6/c1-4-23(5-2)34(24-9-7-6-8-10-24)29(35)19-33-18-26(22-13-16-27-28(17-22)40-20-39-27)30(32(36)37)31(33)21-11-14-25(38-3)15-12-21/h6-17,23,26,30-31H,4-5,18-20H2,1-3H3,(H,36,37)/t26-,30+,31-/m1/s1. The Hall–Kier alpha value is -4.04. The Kier molecular flexibility index (Phi) is 8.26. The van der Waals surface area contributed by atoms with Crippen molar-refractivity contribution in [3.63, 3.8) is 0 Å². The Morgan fingerprint density at radius 2 is 1.65 bits per heavy atom. The van der Waals surface area contributed by atoms with Crippen molar-refractivity contribution >= 4 is 17.6 Å². The molecule has 1 fully saturated rings. The molecule has 3 aromatic carbocycles. The van der Waals surface area contributed by atoms with E-state index in [4.69, 9.17) is 14.2 Å². The van der Waals surface area contributed by atoms with E-state index >= 15 is 0 Å². The van der Waals surface area contributed by atoms with Gasteiger partial charge in [-0.15, -0.1) is 0 Å². The highest BCUT2D eigenvalue weighted by molar-refractivity contribution is 5.95. The van der Waals surface area contributed by atoms with Crippen LogP contribution >= 0.6 is 0 Å². The van der Waals surface area contributed by atoms with E-state index in [1.54, 1.807) is 7.11 Å². The molecule has 2 heterocycles. The van der Waals surface area contributed by atoms with Crippen molar-refractivity contribution < 1.29 is 28.9 Å². The first kappa shape index (κ1) is 27.5. The van der Waals surface area contributed by atoms with Gasteiger partial charge in [-0.1, -0.05) is 50.2 Å². The smallest absolute Gasteiger partial charge is 0.309 e. The molecule has 210 valence electrons. The van der Waals surface area contributed by atoms with Gasteiger partial charge in [0.2, 0.25) is 12.7 Å². The Morgan fingerprint density at radius 3 is 2.30 bits per heavy atom. The Morgan fingerprint density at radius 1 is 0.975 bits per heavy atom. The molecule has 1 amide bonds. The molecule has 8 nitrogen and oxygen atoms in total. The first-order valence-electron chi connectivity index (χ1n) is 13.8. The van der Waals surface area contributed by atoms with Crippen LogP contribution in [0.2, 0.25) is 0 Å². The molecule has 40 heavy (non-hydrogen) atoms. The number of carbonyl (C=O) groups excluding carboxylic acids is 1. The molecule has 3 aromatic rings. The summed E-state index contributed by atoms with van der Waals surface area (Å²) in [7, 11) is 1.60.